The van der Waals surface area contributed by atoms with E-state index in [0.717, 1.165) is 35.4 Å². The van der Waals surface area contributed by atoms with Crippen LogP contribution in [0.1, 0.15) is 11.1 Å². The van der Waals surface area contributed by atoms with Crippen LogP contribution in [0.25, 0.3) is 0 Å². The first-order chi connectivity index (χ1) is 21.0. The first kappa shape index (κ1) is 52.9. The zero-order chi connectivity index (χ0) is 35.7. The van der Waals surface area contributed by atoms with Crippen LogP contribution in [0.4, 0.5) is 0 Å². The number of hydrogen-bond donors (Lipinski definition) is 2. The van der Waals surface area contributed by atoms with Crippen molar-refractivity contribution in [1.82, 2.24) is 0 Å². The van der Waals surface area contributed by atoms with Gasteiger partial charge in [-0.05, 0) is 84.6 Å². The topological polar surface area (TPSA) is 135 Å². The SMILES string of the molecule is BrP(Br)Br.COCCBr.COCCO.COCCOS(=O)(=O)c1ccc(C)cc1.COCCS.Cc1ccc(S(=O)(=O)Cl)cc1. The predicted molar refractivity (Wildman–Crippen MR) is 204 cm³/mol. The molecule has 0 atom stereocenters. The molecule has 0 aromatic heterocycles. The maximum absolute atomic E-state index is 11.5. The third kappa shape index (κ3) is 41.2. The summed E-state index contributed by atoms with van der Waals surface area (Å²) in [6.45, 7) is 6.18. The molecule has 2 aromatic carbocycles. The van der Waals surface area contributed by atoms with Gasteiger partial charge in [0.25, 0.3) is 19.2 Å². The van der Waals surface area contributed by atoms with Gasteiger partial charge in [0.1, 0.15) is 4.03 Å². The number of aryl methyl sites for hydroxylation is 2. The van der Waals surface area contributed by atoms with E-state index >= 15 is 0 Å². The maximum atomic E-state index is 11.5. The number of hydrogen-bond acceptors (Lipinski definition) is 11. The molecule has 1 N–H and O–H groups in total. The van der Waals surface area contributed by atoms with Crippen molar-refractivity contribution in [1.29, 1.82) is 0 Å². The molecule has 19 heteroatoms. The number of methoxy groups -OCH3 is 4. The van der Waals surface area contributed by atoms with Gasteiger partial charge in [-0.1, -0.05) is 51.3 Å². The van der Waals surface area contributed by atoms with Crippen molar-refractivity contribution in [3.8, 4) is 0 Å². The van der Waals surface area contributed by atoms with Gasteiger partial charge in [-0.2, -0.15) is 21.0 Å². The van der Waals surface area contributed by atoms with Crippen molar-refractivity contribution in [2.75, 3.05) is 79.2 Å². The summed E-state index contributed by atoms with van der Waals surface area (Å²) in [5.41, 5.74) is 2.01. The Labute approximate surface area is 313 Å². The smallest absolute Gasteiger partial charge is 0.297 e. The standard InChI is InChI=1S/C10H14O4S.C7H7ClO2S.C3H7BrO.C3H8O2.C3H8OS.Br3P/c1-9-3-5-10(6-4-9)15(11,12)14-8-7-13-2;1-6-2-4-7(5-3-6)11(8,9)10;2*1-5-3-2-4;1-4-2-3-5;1-4(2)3/h3-6H,7-8H2,1-2H3;2-5H,1H3;2-3H2,1H3;4H,2-3H2,1H3;5H,2-3H2,1H3;. The highest BCUT2D eigenvalue weighted by atomic mass is 80.0. The molecule has 2 rings (SSSR count). The van der Waals surface area contributed by atoms with E-state index in [2.05, 4.69) is 89.2 Å². The first-order valence-electron chi connectivity index (χ1n) is 12.5. The summed E-state index contributed by atoms with van der Waals surface area (Å²) in [6, 6.07) is 12.9. The molecule has 0 radical (unpaired) electrons. The quantitative estimate of drug-likeness (QED) is 0.0541. The number of rotatable bonds is 12. The molecule has 0 saturated carbocycles. The van der Waals surface area contributed by atoms with Crippen LogP contribution in [0.2, 0.25) is 0 Å². The summed E-state index contributed by atoms with van der Waals surface area (Å²) in [6.07, 6.45) is 0. The van der Waals surface area contributed by atoms with Gasteiger partial charge in [0.05, 0.1) is 49.4 Å². The van der Waals surface area contributed by atoms with Gasteiger partial charge in [0, 0.05) is 50.2 Å². The van der Waals surface area contributed by atoms with Gasteiger partial charge in [0.2, 0.25) is 0 Å². The Kier molecular flexibility index (Phi) is 42.8. The van der Waals surface area contributed by atoms with Crippen molar-refractivity contribution in [3.63, 3.8) is 0 Å². The van der Waals surface area contributed by atoms with Gasteiger partial charge in [-0.15, -0.1) is 0 Å². The molecule has 0 unspecified atom stereocenters. The molecular weight excluding hydrogens is 955 g/mol. The fourth-order valence-electron chi connectivity index (χ4n) is 1.96. The molecule has 0 spiro atoms. The molecular formula is C26H44Br4ClO10PS3. The summed E-state index contributed by atoms with van der Waals surface area (Å²) < 4.78 is 67.5. The Morgan fingerprint density at radius 2 is 1.09 bits per heavy atom. The van der Waals surface area contributed by atoms with E-state index in [4.69, 9.17) is 24.7 Å². The van der Waals surface area contributed by atoms with Crippen LogP contribution >= 0.6 is 89.7 Å². The lowest BCUT2D eigenvalue weighted by Crippen LogP contribution is -2.10. The van der Waals surface area contributed by atoms with Crippen molar-refractivity contribution >= 4 is 109 Å². The Morgan fingerprint density at radius 3 is 1.31 bits per heavy atom. The van der Waals surface area contributed by atoms with Crippen LogP contribution in [0.3, 0.4) is 0 Å². The average molecular weight is 999 g/mol. The van der Waals surface area contributed by atoms with E-state index in [1.54, 1.807) is 45.6 Å². The number of ether oxygens (including phenoxy) is 4. The normalized spacial score (nSPS) is 10.3. The van der Waals surface area contributed by atoms with Gasteiger partial charge in [0.15, 0.2) is 0 Å². The van der Waals surface area contributed by atoms with Gasteiger partial charge in [-0.25, -0.2) is 8.42 Å². The molecule has 45 heavy (non-hydrogen) atoms. The zero-order valence-electron chi connectivity index (χ0n) is 26.0. The largest absolute Gasteiger partial charge is 0.394 e. The van der Waals surface area contributed by atoms with E-state index in [1.165, 1.54) is 31.4 Å². The summed E-state index contributed by atoms with van der Waals surface area (Å²) >= 11 is 16.6. The lowest BCUT2D eigenvalue weighted by atomic mass is 10.2. The Morgan fingerprint density at radius 1 is 0.711 bits per heavy atom. The van der Waals surface area contributed by atoms with Gasteiger partial charge < -0.3 is 24.1 Å². The number of halogens is 5. The molecule has 10 nitrogen and oxygen atoms in total. The van der Waals surface area contributed by atoms with E-state index in [1.807, 2.05) is 13.8 Å². The monoisotopic (exact) mass is 994 g/mol. The van der Waals surface area contributed by atoms with Crippen molar-refractivity contribution in [2.45, 2.75) is 23.6 Å². The van der Waals surface area contributed by atoms with Crippen LogP contribution in [-0.4, -0.2) is 101 Å². The van der Waals surface area contributed by atoms with Gasteiger partial charge >= 0.3 is 0 Å². The predicted octanol–water partition coefficient (Wildman–Crippen LogP) is 7.88. The summed E-state index contributed by atoms with van der Waals surface area (Å²) in [5.74, 6) is 0.816. The van der Waals surface area contributed by atoms with E-state index in [0.29, 0.717) is 6.61 Å². The molecule has 0 aliphatic heterocycles. The molecule has 0 aliphatic carbocycles. The molecule has 2 aromatic rings. The molecule has 0 heterocycles. The number of thiol groups is 1. The number of aliphatic hydroxyl groups is 1. The third-order valence-corrected chi connectivity index (χ3v) is 7.21. The lowest BCUT2D eigenvalue weighted by Gasteiger charge is -2.04. The second-order valence-corrected chi connectivity index (χ2v) is 28.4. The lowest BCUT2D eigenvalue weighted by molar-refractivity contribution is 0.135. The fourth-order valence-corrected chi connectivity index (χ4v) is 4.13. The van der Waals surface area contributed by atoms with Crippen molar-refractivity contribution in [2.24, 2.45) is 0 Å². The summed E-state index contributed by atoms with van der Waals surface area (Å²) in [4.78, 5) is 0.314. The highest BCUT2D eigenvalue weighted by Gasteiger charge is 2.14. The first-order valence-corrected chi connectivity index (χ1v) is 25.4. The third-order valence-electron chi connectivity index (χ3n) is 4.01. The summed E-state index contributed by atoms with van der Waals surface area (Å²) in [7, 11) is 4.29. The van der Waals surface area contributed by atoms with E-state index in [-0.39, 0.29) is 33.6 Å². The second kappa shape index (κ2) is 36.4. The minimum absolute atomic E-state index is 0.0344. The van der Waals surface area contributed by atoms with Crippen LogP contribution < -0.4 is 0 Å². The molecule has 0 saturated heterocycles. The molecule has 266 valence electrons. The van der Waals surface area contributed by atoms with Crippen LogP contribution in [0.15, 0.2) is 58.3 Å². The van der Waals surface area contributed by atoms with Crippen LogP contribution in [-0.2, 0) is 42.3 Å². The van der Waals surface area contributed by atoms with E-state index < -0.39 is 19.2 Å². The van der Waals surface area contributed by atoms with Crippen molar-refractivity contribution in [3.05, 3.63) is 59.7 Å². The molecule has 0 fully saturated rings. The average Bonchev–Trinajstić information content (AvgIpc) is 2.96. The minimum atomic E-state index is -3.63. The summed E-state index contributed by atoms with van der Waals surface area (Å²) in [5, 5.41) is 8.88. The Hall–Kier alpha value is 1.09. The number of aliphatic hydroxyl groups excluding tert-OH is 1. The molecule has 0 bridgehead atoms. The number of benzene rings is 2. The Balaban J connectivity index is -0.000000245. The maximum Gasteiger partial charge on any atom is 0.297 e. The van der Waals surface area contributed by atoms with Crippen LogP contribution in [0.5, 0.6) is 0 Å². The van der Waals surface area contributed by atoms with Gasteiger partial charge in [-0.3, -0.25) is 4.18 Å². The zero-order valence-corrected chi connectivity index (χ0v) is 36.5. The van der Waals surface area contributed by atoms with Crippen molar-refractivity contribution < 1.29 is 45.1 Å². The minimum Gasteiger partial charge on any atom is -0.394 e. The Bertz CT molecular complexity index is 1100. The molecule has 0 amide bonds. The number of alkyl halides is 1. The molecule has 0 aliphatic rings. The van der Waals surface area contributed by atoms with E-state index in [9.17, 15) is 16.8 Å². The highest BCUT2D eigenvalue weighted by molar-refractivity contribution is 9.93. The highest BCUT2D eigenvalue weighted by Crippen LogP contribution is 2.59. The van der Waals surface area contributed by atoms with Crippen LogP contribution in [0, 0.1) is 13.8 Å². The fraction of sp³-hybridized carbons (Fsp3) is 0.538. The second-order valence-electron chi connectivity index (χ2n) is 7.64.